The number of nitrogens with zero attached hydrogens (tertiary/aromatic N) is 1. The van der Waals surface area contributed by atoms with E-state index in [4.69, 9.17) is 0 Å². The normalized spacial score (nSPS) is 20.4. The van der Waals surface area contributed by atoms with Crippen LogP contribution < -0.4 is 0 Å². The number of rotatable bonds is 1. The van der Waals surface area contributed by atoms with Crippen LogP contribution in [0.3, 0.4) is 0 Å². The van der Waals surface area contributed by atoms with Crippen LogP contribution in [0, 0.1) is 0 Å². The molecule has 1 nitrogen and oxygen atoms in total. The Morgan fingerprint density at radius 1 is 1.09 bits per heavy atom. The van der Waals surface area contributed by atoms with E-state index in [9.17, 15) is 0 Å². The third kappa shape index (κ3) is 1.62. The number of aromatic nitrogens is 1. The van der Waals surface area contributed by atoms with E-state index in [0.29, 0.717) is 0 Å². The van der Waals surface area contributed by atoms with Gasteiger partial charge in [0.1, 0.15) is 0 Å². The highest BCUT2D eigenvalue weighted by Gasteiger charge is 2.13. The second-order valence-electron chi connectivity index (χ2n) is 2.97. The van der Waals surface area contributed by atoms with Gasteiger partial charge in [0.15, 0.2) is 0 Å². The van der Waals surface area contributed by atoms with E-state index in [2.05, 4.69) is 40.9 Å². The summed E-state index contributed by atoms with van der Waals surface area (Å²) in [5, 5.41) is 0. The van der Waals surface area contributed by atoms with E-state index < -0.39 is 0 Å². The molecule has 0 atom stereocenters. The highest BCUT2D eigenvalue weighted by Crippen LogP contribution is 2.26. The zero-order valence-electron chi connectivity index (χ0n) is 6.57. The van der Waals surface area contributed by atoms with Gasteiger partial charge in [0.25, 0.3) is 0 Å². The van der Waals surface area contributed by atoms with Crippen LogP contribution in [0.1, 0.15) is 18.9 Å². The molecule has 2 heterocycles. The van der Waals surface area contributed by atoms with Crippen molar-refractivity contribution in [2.75, 3.05) is 11.5 Å². The molecule has 11 heavy (non-hydrogen) atoms. The van der Waals surface area contributed by atoms with Crippen LogP contribution in [0.2, 0.25) is 0 Å². The molecular weight excluding hydrogens is 154 g/mol. The minimum atomic E-state index is 0.784. The van der Waals surface area contributed by atoms with Gasteiger partial charge in [-0.05, 0) is 36.5 Å². The van der Waals surface area contributed by atoms with Gasteiger partial charge in [-0.2, -0.15) is 11.8 Å². The quantitative estimate of drug-likeness (QED) is 0.622. The molecule has 0 bridgehead atoms. The lowest BCUT2D eigenvalue weighted by Crippen LogP contribution is -2.13. The first kappa shape index (κ1) is 7.29. The molecule has 1 aromatic rings. The summed E-state index contributed by atoms with van der Waals surface area (Å²) in [6.07, 6.45) is 7.06. The van der Waals surface area contributed by atoms with Crippen LogP contribution in [-0.2, 0) is 0 Å². The lowest BCUT2D eigenvalue weighted by atomic mass is 10.1. The van der Waals surface area contributed by atoms with Gasteiger partial charge in [-0.3, -0.25) is 0 Å². The van der Waals surface area contributed by atoms with Crippen molar-refractivity contribution in [2.24, 2.45) is 0 Å². The molecule has 0 amide bonds. The molecule has 0 N–H and O–H groups in total. The molecule has 60 valence electrons. The third-order valence-electron chi connectivity index (χ3n) is 2.24. The Kier molecular flexibility index (Phi) is 2.22. The van der Waals surface area contributed by atoms with E-state index in [1.165, 1.54) is 24.3 Å². The second kappa shape index (κ2) is 3.35. The topological polar surface area (TPSA) is 4.93 Å². The predicted molar refractivity (Wildman–Crippen MR) is 50.0 cm³/mol. The molecule has 0 aliphatic carbocycles. The van der Waals surface area contributed by atoms with Gasteiger partial charge in [-0.15, -0.1) is 0 Å². The van der Waals surface area contributed by atoms with Crippen LogP contribution in [0.4, 0.5) is 0 Å². The summed E-state index contributed by atoms with van der Waals surface area (Å²) in [7, 11) is 0. The Morgan fingerprint density at radius 3 is 2.36 bits per heavy atom. The fourth-order valence-corrected chi connectivity index (χ4v) is 2.66. The van der Waals surface area contributed by atoms with Gasteiger partial charge in [-0.1, -0.05) is 0 Å². The van der Waals surface area contributed by atoms with Crippen LogP contribution >= 0.6 is 11.8 Å². The molecular formula is C9H13NS. The Bertz CT molecular complexity index is 199. The maximum absolute atomic E-state index is 2.35. The van der Waals surface area contributed by atoms with Crippen LogP contribution in [0.15, 0.2) is 24.5 Å². The van der Waals surface area contributed by atoms with E-state index in [1.54, 1.807) is 0 Å². The Balaban J connectivity index is 2.04. The van der Waals surface area contributed by atoms with E-state index in [1.807, 2.05) is 0 Å². The smallest absolute Gasteiger partial charge is 0.0346 e. The SMILES string of the molecule is c1ccn(C2CCSCC2)c1. The Hall–Kier alpha value is -0.370. The molecule has 2 heteroatoms. The molecule has 1 aliphatic rings. The maximum Gasteiger partial charge on any atom is 0.0346 e. The number of thioether (sulfide) groups is 1. The largest absolute Gasteiger partial charge is 0.351 e. The summed E-state index contributed by atoms with van der Waals surface area (Å²) in [4.78, 5) is 0. The Labute approximate surface area is 71.8 Å². The molecule has 0 unspecified atom stereocenters. The molecule has 0 aromatic carbocycles. The lowest BCUT2D eigenvalue weighted by Gasteiger charge is -2.22. The van der Waals surface area contributed by atoms with Crippen molar-refractivity contribution in [3.63, 3.8) is 0 Å². The molecule has 1 aliphatic heterocycles. The van der Waals surface area contributed by atoms with Gasteiger partial charge < -0.3 is 4.57 Å². The molecule has 0 spiro atoms. The summed E-state index contributed by atoms with van der Waals surface area (Å²) in [6, 6.07) is 5.01. The van der Waals surface area contributed by atoms with Crippen molar-refractivity contribution in [3.05, 3.63) is 24.5 Å². The fourth-order valence-electron chi connectivity index (χ4n) is 1.57. The molecule has 0 radical (unpaired) electrons. The van der Waals surface area contributed by atoms with Crippen molar-refractivity contribution in [2.45, 2.75) is 18.9 Å². The van der Waals surface area contributed by atoms with Crippen molar-refractivity contribution in [1.82, 2.24) is 4.57 Å². The first-order valence-electron chi connectivity index (χ1n) is 4.17. The third-order valence-corrected chi connectivity index (χ3v) is 3.29. The predicted octanol–water partition coefficient (Wildman–Crippen LogP) is 2.56. The van der Waals surface area contributed by atoms with Crippen molar-refractivity contribution >= 4 is 11.8 Å². The van der Waals surface area contributed by atoms with Crippen molar-refractivity contribution in [1.29, 1.82) is 0 Å². The van der Waals surface area contributed by atoms with E-state index in [-0.39, 0.29) is 0 Å². The molecule has 1 aromatic heterocycles. The maximum atomic E-state index is 2.35. The van der Waals surface area contributed by atoms with Gasteiger partial charge in [0, 0.05) is 18.4 Å². The molecule has 0 saturated carbocycles. The molecule has 1 saturated heterocycles. The lowest BCUT2D eigenvalue weighted by molar-refractivity contribution is 0.471. The number of hydrogen-bond acceptors (Lipinski definition) is 1. The zero-order valence-corrected chi connectivity index (χ0v) is 7.39. The summed E-state index contributed by atoms with van der Waals surface area (Å²) in [5.74, 6) is 2.67. The standard InChI is InChI=1S/C9H13NS/c1-2-6-10(5-1)9-3-7-11-8-4-9/h1-2,5-6,9H,3-4,7-8H2. The molecule has 1 fully saturated rings. The van der Waals surface area contributed by atoms with E-state index >= 15 is 0 Å². The van der Waals surface area contributed by atoms with Crippen LogP contribution in [0.25, 0.3) is 0 Å². The first-order valence-corrected chi connectivity index (χ1v) is 5.32. The second-order valence-corrected chi connectivity index (χ2v) is 4.20. The van der Waals surface area contributed by atoms with Gasteiger partial charge in [0.2, 0.25) is 0 Å². The van der Waals surface area contributed by atoms with Gasteiger partial charge >= 0.3 is 0 Å². The summed E-state index contributed by atoms with van der Waals surface area (Å²) in [5.41, 5.74) is 0. The highest BCUT2D eigenvalue weighted by molar-refractivity contribution is 7.99. The monoisotopic (exact) mass is 167 g/mol. The summed E-state index contributed by atoms with van der Waals surface area (Å²) < 4.78 is 2.35. The van der Waals surface area contributed by atoms with Gasteiger partial charge in [0.05, 0.1) is 0 Å². The van der Waals surface area contributed by atoms with Crippen molar-refractivity contribution < 1.29 is 0 Å². The summed E-state index contributed by atoms with van der Waals surface area (Å²) in [6.45, 7) is 0. The average Bonchev–Trinajstić information content (AvgIpc) is 2.58. The van der Waals surface area contributed by atoms with Crippen molar-refractivity contribution in [3.8, 4) is 0 Å². The fraction of sp³-hybridized carbons (Fsp3) is 0.556. The molecule has 2 rings (SSSR count). The average molecular weight is 167 g/mol. The minimum Gasteiger partial charge on any atom is -0.351 e. The minimum absolute atomic E-state index is 0.784. The highest BCUT2D eigenvalue weighted by atomic mass is 32.2. The van der Waals surface area contributed by atoms with Crippen LogP contribution in [0.5, 0.6) is 0 Å². The van der Waals surface area contributed by atoms with Crippen LogP contribution in [-0.4, -0.2) is 16.1 Å². The van der Waals surface area contributed by atoms with E-state index in [0.717, 1.165) is 6.04 Å². The first-order chi connectivity index (χ1) is 5.47. The summed E-state index contributed by atoms with van der Waals surface area (Å²) >= 11 is 2.08. The Morgan fingerprint density at radius 2 is 1.73 bits per heavy atom. The van der Waals surface area contributed by atoms with Gasteiger partial charge in [-0.25, -0.2) is 0 Å². The number of hydrogen-bond donors (Lipinski definition) is 0. The zero-order chi connectivity index (χ0) is 7.52.